The zero-order valence-corrected chi connectivity index (χ0v) is 16.8. The number of benzene rings is 2. The Bertz CT molecular complexity index is 1000. The maximum Gasteiger partial charge on any atom is 0.254 e. The van der Waals surface area contributed by atoms with Crippen LogP contribution in [0.3, 0.4) is 0 Å². The van der Waals surface area contributed by atoms with Crippen molar-refractivity contribution in [3.05, 3.63) is 66.4 Å². The molecule has 3 atom stereocenters. The molecule has 6 heteroatoms. The van der Waals surface area contributed by atoms with Crippen LogP contribution < -0.4 is 5.73 Å². The predicted molar refractivity (Wildman–Crippen MR) is 115 cm³/mol. The number of hydrogen-bond acceptors (Lipinski definition) is 4. The second kappa shape index (κ2) is 8.01. The van der Waals surface area contributed by atoms with Gasteiger partial charge in [-0.15, -0.1) is 12.4 Å². The normalized spacial score (nSPS) is 22.9. The highest BCUT2D eigenvalue weighted by Gasteiger charge is 2.42. The molecule has 2 fully saturated rings. The Balaban J connectivity index is 0.00000205. The molecule has 0 spiro atoms. The van der Waals surface area contributed by atoms with Crippen LogP contribution in [0.15, 0.2) is 65.2 Å². The van der Waals surface area contributed by atoms with E-state index >= 15 is 0 Å². The molecule has 3 unspecified atom stereocenters. The van der Waals surface area contributed by atoms with Crippen LogP contribution in [0.5, 0.6) is 0 Å². The summed E-state index contributed by atoms with van der Waals surface area (Å²) >= 11 is 0. The summed E-state index contributed by atoms with van der Waals surface area (Å²) in [5.41, 5.74) is 8.57. The number of nitrogens with zero attached hydrogens (tertiary/aromatic N) is 2. The van der Waals surface area contributed by atoms with Crippen molar-refractivity contribution < 1.29 is 9.21 Å². The Kier molecular flexibility index (Phi) is 5.43. The van der Waals surface area contributed by atoms with Gasteiger partial charge in [0.2, 0.25) is 5.89 Å². The average molecular weight is 410 g/mol. The van der Waals surface area contributed by atoms with Gasteiger partial charge in [0.25, 0.3) is 5.91 Å². The summed E-state index contributed by atoms with van der Waals surface area (Å²) in [6.07, 6.45) is 3.91. The molecule has 1 aliphatic carbocycles. The Hall–Kier alpha value is -2.63. The number of nitrogens with two attached hydrogens (primary N) is 1. The first-order chi connectivity index (χ1) is 13.7. The molecule has 3 aromatic rings. The highest BCUT2D eigenvalue weighted by molar-refractivity contribution is 6.00. The van der Waals surface area contributed by atoms with Gasteiger partial charge >= 0.3 is 0 Å². The van der Waals surface area contributed by atoms with Crippen LogP contribution in [0.25, 0.3) is 22.8 Å². The lowest BCUT2D eigenvalue weighted by molar-refractivity contribution is 0.0780. The van der Waals surface area contributed by atoms with Gasteiger partial charge in [-0.2, -0.15) is 0 Å². The van der Waals surface area contributed by atoms with Crippen molar-refractivity contribution in [3.63, 3.8) is 0 Å². The number of fused-ring (bicyclic) bond motifs is 1. The van der Waals surface area contributed by atoms with Gasteiger partial charge in [-0.05, 0) is 36.8 Å². The summed E-state index contributed by atoms with van der Waals surface area (Å²) < 4.78 is 6.00. The summed E-state index contributed by atoms with van der Waals surface area (Å²) in [7, 11) is 0. The van der Waals surface area contributed by atoms with Crippen molar-refractivity contribution >= 4 is 18.3 Å². The minimum absolute atomic E-state index is 0. The molecule has 1 aromatic heterocycles. The lowest BCUT2D eigenvalue weighted by Gasteiger charge is -2.19. The number of halogens is 1. The molecule has 0 bridgehead atoms. The van der Waals surface area contributed by atoms with Gasteiger partial charge in [0, 0.05) is 30.3 Å². The highest BCUT2D eigenvalue weighted by Crippen LogP contribution is 2.38. The number of hydrogen-bond donors (Lipinski definition) is 1. The molecule has 29 heavy (non-hydrogen) atoms. The number of rotatable bonds is 3. The largest absolute Gasteiger partial charge is 0.436 e. The number of oxazole rings is 1. The van der Waals surface area contributed by atoms with E-state index in [9.17, 15) is 4.79 Å². The Labute approximate surface area is 176 Å². The molecule has 150 valence electrons. The van der Waals surface area contributed by atoms with Gasteiger partial charge in [0.05, 0.1) is 11.8 Å². The van der Waals surface area contributed by atoms with E-state index < -0.39 is 0 Å². The van der Waals surface area contributed by atoms with Crippen molar-refractivity contribution in [2.75, 3.05) is 13.1 Å². The molecule has 1 aliphatic heterocycles. The van der Waals surface area contributed by atoms with Gasteiger partial charge in [-0.25, -0.2) is 4.98 Å². The van der Waals surface area contributed by atoms with Crippen LogP contribution in [-0.2, 0) is 0 Å². The average Bonchev–Trinajstić information content (AvgIpc) is 3.46. The third kappa shape index (κ3) is 3.56. The summed E-state index contributed by atoms with van der Waals surface area (Å²) in [6, 6.07) is 17.6. The second-order valence-electron chi connectivity index (χ2n) is 7.82. The molecule has 0 radical (unpaired) electrons. The van der Waals surface area contributed by atoms with E-state index in [1.807, 2.05) is 59.5 Å². The molecule has 1 saturated heterocycles. The van der Waals surface area contributed by atoms with Crippen LogP contribution in [0.1, 0.15) is 23.2 Å². The molecular formula is C23H24ClN3O2. The van der Waals surface area contributed by atoms with Crippen molar-refractivity contribution in [1.29, 1.82) is 0 Å². The van der Waals surface area contributed by atoms with Gasteiger partial charge in [-0.1, -0.05) is 42.5 Å². The lowest BCUT2D eigenvalue weighted by Crippen LogP contribution is -2.33. The molecule has 5 rings (SSSR count). The van der Waals surface area contributed by atoms with Crippen molar-refractivity contribution in [3.8, 4) is 22.8 Å². The molecular weight excluding hydrogens is 386 g/mol. The third-order valence-corrected chi connectivity index (χ3v) is 6.15. The Morgan fingerprint density at radius 2 is 1.79 bits per heavy atom. The zero-order chi connectivity index (χ0) is 19.1. The summed E-state index contributed by atoms with van der Waals surface area (Å²) in [5, 5.41) is 0. The van der Waals surface area contributed by atoms with Crippen LogP contribution in [0.2, 0.25) is 0 Å². The number of carbonyl (C=O) groups excluding carboxylic acids is 1. The molecule has 2 aliphatic rings. The molecule has 1 saturated carbocycles. The maximum absolute atomic E-state index is 13.3. The number of aromatic nitrogens is 1. The van der Waals surface area contributed by atoms with E-state index in [4.69, 9.17) is 10.2 Å². The second-order valence-corrected chi connectivity index (χ2v) is 7.82. The number of carbonyl (C=O) groups is 1. The quantitative estimate of drug-likeness (QED) is 0.702. The first kappa shape index (κ1) is 19.7. The van der Waals surface area contributed by atoms with Gasteiger partial charge in [0.15, 0.2) is 5.76 Å². The van der Waals surface area contributed by atoms with Crippen LogP contribution in [-0.4, -0.2) is 34.9 Å². The standard InChI is InChI=1S/C23H23N3O2.ClH/c24-20-11-10-16-13-26(14-19(16)20)23(27)18-9-5-4-8-17(18)22-25-12-21(28-22)15-6-2-1-3-7-15;/h1-9,12,16,19-20H,10-11,13-14,24H2;1H. The number of likely N-dealkylation sites (tertiary alicyclic amines) is 1. The third-order valence-electron chi connectivity index (χ3n) is 6.15. The minimum Gasteiger partial charge on any atom is -0.436 e. The molecule has 2 N–H and O–H groups in total. The fraction of sp³-hybridized carbons (Fsp3) is 0.304. The summed E-state index contributed by atoms with van der Waals surface area (Å²) in [6.45, 7) is 1.55. The van der Waals surface area contributed by atoms with Gasteiger partial charge < -0.3 is 15.1 Å². The van der Waals surface area contributed by atoms with E-state index in [-0.39, 0.29) is 24.4 Å². The van der Waals surface area contributed by atoms with Crippen molar-refractivity contribution in [2.24, 2.45) is 17.6 Å². The number of amides is 1. The Morgan fingerprint density at radius 1 is 1.03 bits per heavy atom. The van der Waals surface area contributed by atoms with Crippen LogP contribution in [0, 0.1) is 11.8 Å². The monoisotopic (exact) mass is 409 g/mol. The van der Waals surface area contributed by atoms with E-state index in [1.54, 1.807) is 6.20 Å². The Morgan fingerprint density at radius 3 is 2.59 bits per heavy atom. The summed E-state index contributed by atoms with van der Waals surface area (Å²) in [5.74, 6) is 2.18. The van der Waals surface area contributed by atoms with E-state index in [2.05, 4.69) is 4.98 Å². The SMILES string of the molecule is Cl.NC1CCC2CN(C(=O)c3ccccc3-c3ncc(-c4ccccc4)o3)CC12. The van der Waals surface area contributed by atoms with E-state index in [0.717, 1.165) is 37.1 Å². The first-order valence-electron chi connectivity index (χ1n) is 9.86. The molecule has 2 aromatic carbocycles. The minimum atomic E-state index is 0. The molecule has 2 heterocycles. The zero-order valence-electron chi connectivity index (χ0n) is 16.0. The topological polar surface area (TPSA) is 72.4 Å². The van der Waals surface area contributed by atoms with Gasteiger partial charge in [-0.3, -0.25) is 4.79 Å². The molecule has 1 amide bonds. The fourth-order valence-corrected chi connectivity index (χ4v) is 4.63. The molecule has 5 nitrogen and oxygen atoms in total. The highest BCUT2D eigenvalue weighted by atomic mass is 35.5. The smallest absolute Gasteiger partial charge is 0.254 e. The maximum atomic E-state index is 13.3. The van der Waals surface area contributed by atoms with Gasteiger partial charge in [0.1, 0.15) is 0 Å². The first-order valence-corrected chi connectivity index (χ1v) is 9.86. The predicted octanol–water partition coefficient (Wildman–Crippen LogP) is 4.24. The van der Waals surface area contributed by atoms with Crippen LogP contribution in [0.4, 0.5) is 0 Å². The van der Waals surface area contributed by atoms with Crippen molar-refractivity contribution in [1.82, 2.24) is 9.88 Å². The lowest BCUT2D eigenvalue weighted by atomic mass is 9.98. The van der Waals surface area contributed by atoms with Crippen molar-refractivity contribution in [2.45, 2.75) is 18.9 Å². The summed E-state index contributed by atoms with van der Waals surface area (Å²) in [4.78, 5) is 19.7. The van der Waals surface area contributed by atoms with Crippen LogP contribution >= 0.6 is 12.4 Å². The van der Waals surface area contributed by atoms with E-state index in [1.165, 1.54) is 0 Å². The fourth-order valence-electron chi connectivity index (χ4n) is 4.63. The van der Waals surface area contributed by atoms with E-state index in [0.29, 0.717) is 29.1 Å².